The van der Waals surface area contributed by atoms with Crippen molar-refractivity contribution in [3.8, 4) is 0 Å². The number of halogens is 1. The molecule has 106 valence electrons. The third kappa shape index (κ3) is 3.78. The molecule has 1 saturated heterocycles. The Morgan fingerprint density at radius 3 is 2.74 bits per heavy atom. The highest BCUT2D eigenvalue weighted by molar-refractivity contribution is 9.10. The molecule has 1 aliphatic heterocycles. The minimum absolute atomic E-state index is 0.271. The molecule has 2 N–H and O–H groups in total. The summed E-state index contributed by atoms with van der Waals surface area (Å²) in [5.74, 6) is 0. The Morgan fingerprint density at radius 1 is 1.42 bits per heavy atom. The van der Waals surface area contributed by atoms with E-state index in [-0.39, 0.29) is 12.1 Å². The van der Waals surface area contributed by atoms with Gasteiger partial charge in [0.25, 0.3) is 0 Å². The van der Waals surface area contributed by atoms with Crippen LogP contribution in [0.15, 0.2) is 28.7 Å². The van der Waals surface area contributed by atoms with Crippen LogP contribution in [0.5, 0.6) is 0 Å². The number of nitrogens with two attached hydrogens (primary N) is 1. The van der Waals surface area contributed by atoms with Crippen LogP contribution < -0.4 is 5.73 Å². The fourth-order valence-electron chi connectivity index (χ4n) is 2.74. The van der Waals surface area contributed by atoms with Gasteiger partial charge in [-0.25, -0.2) is 0 Å². The highest BCUT2D eigenvalue weighted by atomic mass is 79.9. The average Bonchev–Trinajstić information content (AvgIpc) is 2.80. The SMILES string of the molecule is CC1CCC(C(CN)N(C)Cc2ccccc2Br)O1. The van der Waals surface area contributed by atoms with Crippen molar-refractivity contribution in [2.24, 2.45) is 5.73 Å². The Morgan fingerprint density at radius 2 is 2.16 bits per heavy atom. The van der Waals surface area contributed by atoms with Crippen molar-refractivity contribution in [2.75, 3.05) is 13.6 Å². The van der Waals surface area contributed by atoms with Crippen molar-refractivity contribution in [3.05, 3.63) is 34.3 Å². The fourth-order valence-corrected chi connectivity index (χ4v) is 3.15. The summed E-state index contributed by atoms with van der Waals surface area (Å²) < 4.78 is 7.12. The van der Waals surface area contributed by atoms with Crippen molar-refractivity contribution < 1.29 is 4.74 Å². The Bertz CT molecular complexity index is 413. The predicted octanol–water partition coefficient (Wildman–Crippen LogP) is 2.78. The van der Waals surface area contributed by atoms with Gasteiger partial charge in [-0.05, 0) is 38.4 Å². The van der Waals surface area contributed by atoms with Gasteiger partial charge in [0.05, 0.1) is 12.2 Å². The lowest BCUT2D eigenvalue weighted by atomic mass is 10.1. The molecule has 3 nitrogen and oxygen atoms in total. The predicted molar refractivity (Wildman–Crippen MR) is 82.0 cm³/mol. The van der Waals surface area contributed by atoms with Crippen molar-refractivity contribution in [3.63, 3.8) is 0 Å². The molecule has 1 heterocycles. The van der Waals surface area contributed by atoms with E-state index >= 15 is 0 Å². The first-order valence-corrected chi connectivity index (χ1v) is 7.70. The second-order valence-corrected chi connectivity index (χ2v) is 6.23. The van der Waals surface area contributed by atoms with E-state index in [9.17, 15) is 0 Å². The molecule has 0 amide bonds. The number of nitrogens with zero attached hydrogens (tertiary/aromatic N) is 1. The number of ether oxygens (including phenoxy) is 1. The molecule has 1 aromatic carbocycles. The Hall–Kier alpha value is -0.420. The molecule has 2 rings (SSSR count). The van der Waals surface area contributed by atoms with Crippen LogP contribution in [0.2, 0.25) is 0 Å². The summed E-state index contributed by atoms with van der Waals surface area (Å²) in [5.41, 5.74) is 7.24. The quantitative estimate of drug-likeness (QED) is 0.904. The van der Waals surface area contributed by atoms with Gasteiger partial charge in [0.1, 0.15) is 0 Å². The van der Waals surface area contributed by atoms with Crippen molar-refractivity contribution >= 4 is 15.9 Å². The molecule has 0 aromatic heterocycles. The van der Waals surface area contributed by atoms with Crippen molar-refractivity contribution in [1.29, 1.82) is 0 Å². The summed E-state index contributed by atoms with van der Waals surface area (Å²) in [6.45, 7) is 3.66. The lowest BCUT2D eigenvalue weighted by Crippen LogP contribution is -2.46. The van der Waals surface area contributed by atoms with Crippen LogP contribution in [0, 0.1) is 0 Å². The van der Waals surface area contributed by atoms with Gasteiger partial charge in [0.2, 0.25) is 0 Å². The van der Waals surface area contributed by atoms with E-state index in [2.05, 4.69) is 53.0 Å². The highest BCUT2D eigenvalue weighted by Crippen LogP contribution is 2.25. The van der Waals surface area contributed by atoms with Gasteiger partial charge in [-0.15, -0.1) is 0 Å². The zero-order valence-corrected chi connectivity index (χ0v) is 13.3. The molecule has 19 heavy (non-hydrogen) atoms. The first kappa shape index (κ1) is 15.0. The molecule has 0 spiro atoms. The zero-order chi connectivity index (χ0) is 13.8. The highest BCUT2D eigenvalue weighted by Gasteiger charge is 2.31. The van der Waals surface area contributed by atoms with Crippen LogP contribution in [-0.2, 0) is 11.3 Å². The van der Waals surface area contributed by atoms with Gasteiger partial charge < -0.3 is 10.5 Å². The third-order valence-electron chi connectivity index (χ3n) is 3.88. The largest absolute Gasteiger partial charge is 0.374 e. The van der Waals surface area contributed by atoms with Crippen LogP contribution in [0.4, 0.5) is 0 Å². The Kier molecular flexibility index (Phi) is 5.39. The molecule has 1 aromatic rings. The molecule has 0 aliphatic carbocycles. The molecule has 3 atom stereocenters. The van der Waals surface area contributed by atoms with Gasteiger partial charge in [-0.1, -0.05) is 34.1 Å². The van der Waals surface area contributed by atoms with Gasteiger partial charge in [0.15, 0.2) is 0 Å². The average molecular weight is 327 g/mol. The molecule has 0 saturated carbocycles. The Balaban J connectivity index is 2.01. The van der Waals surface area contributed by atoms with E-state index in [0.717, 1.165) is 23.9 Å². The van der Waals surface area contributed by atoms with Gasteiger partial charge in [-0.2, -0.15) is 0 Å². The summed E-state index contributed by atoms with van der Waals surface area (Å²) in [4.78, 5) is 2.31. The second-order valence-electron chi connectivity index (χ2n) is 5.37. The monoisotopic (exact) mass is 326 g/mol. The Labute approximate surface area is 124 Å². The van der Waals surface area contributed by atoms with Crippen molar-refractivity contribution in [2.45, 2.75) is 44.6 Å². The summed E-state index contributed by atoms with van der Waals surface area (Å²) in [5, 5.41) is 0. The number of hydrogen-bond donors (Lipinski definition) is 1. The lowest BCUT2D eigenvalue weighted by Gasteiger charge is -2.31. The number of benzene rings is 1. The molecule has 3 unspecified atom stereocenters. The molecule has 4 heteroatoms. The molecule has 1 fully saturated rings. The minimum atomic E-state index is 0.271. The maximum atomic E-state index is 5.97. The number of hydrogen-bond acceptors (Lipinski definition) is 3. The second kappa shape index (κ2) is 6.84. The first-order valence-electron chi connectivity index (χ1n) is 6.91. The van der Waals surface area contributed by atoms with Crippen molar-refractivity contribution in [1.82, 2.24) is 4.90 Å². The van der Waals surface area contributed by atoms with E-state index in [1.807, 2.05) is 6.07 Å². The van der Waals surface area contributed by atoms with E-state index < -0.39 is 0 Å². The maximum Gasteiger partial charge on any atom is 0.0747 e. The topological polar surface area (TPSA) is 38.5 Å². The maximum absolute atomic E-state index is 5.97. The number of likely N-dealkylation sites (N-methyl/N-ethyl adjacent to an activating group) is 1. The molecule has 0 bridgehead atoms. The van der Waals surface area contributed by atoms with Crippen LogP contribution >= 0.6 is 15.9 Å². The summed E-state index contributed by atoms with van der Waals surface area (Å²) in [6, 6.07) is 8.62. The first-order chi connectivity index (χ1) is 9.11. The third-order valence-corrected chi connectivity index (χ3v) is 4.65. The molecule has 0 radical (unpaired) electrons. The summed E-state index contributed by atoms with van der Waals surface area (Å²) in [6.07, 6.45) is 2.90. The van der Waals surface area contributed by atoms with Crippen LogP contribution in [-0.4, -0.2) is 36.7 Å². The van der Waals surface area contributed by atoms with E-state index in [0.29, 0.717) is 12.6 Å². The van der Waals surface area contributed by atoms with Gasteiger partial charge >= 0.3 is 0 Å². The standard InChI is InChI=1S/C15H23BrN2O/c1-11-7-8-15(19-11)14(9-17)18(2)10-12-5-3-4-6-13(12)16/h3-6,11,14-15H,7-10,17H2,1-2H3. The van der Waals surface area contributed by atoms with E-state index in [4.69, 9.17) is 10.5 Å². The number of rotatable bonds is 5. The minimum Gasteiger partial charge on any atom is -0.374 e. The van der Waals surface area contributed by atoms with Crippen LogP contribution in [0.1, 0.15) is 25.3 Å². The van der Waals surface area contributed by atoms with Crippen LogP contribution in [0.25, 0.3) is 0 Å². The normalized spacial score (nSPS) is 24.9. The van der Waals surface area contributed by atoms with E-state index in [1.54, 1.807) is 0 Å². The molecule has 1 aliphatic rings. The van der Waals surface area contributed by atoms with Crippen LogP contribution in [0.3, 0.4) is 0 Å². The smallest absolute Gasteiger partial charge is 0.0747 e. The van der Waals surface area contributed by atoms with Gasteiger partial charge in [-0.3, -0.25) is 4.90 Å². The van der Waals surface area contributed by atoms with Gasteiger partial charge in [0, 0.05) is 23.6 Å². The van der Waals surface area contributed by atoms with E-state index in [1.165, 1.54) is 5.56 Å². The molecular formula is C15H23BrN2O. The summed E-state index contributed by atoms with van der Waals surface area (Å²) >= 11 is 3.60. The fraction of sp³-hybridized carbons (Fsp3) is 0.600. The lowest BCUT2D eigenvalue weighted by molar-refractivity contribution is 0.000798. The molecular weight excluding hydrogens is 304 g/mol. The summed E-state index contributed by atoms with van der Waals surface area (Å²) in [7, 11) is 2.13. The zero-order valence-electron chi connectivity index (χ0n) is 11.7.